The molecule has 5 heteroatoms. The molecule has 1 aromatic rings. The van der Waals surface area contributed by atoms with Gasteiger partial charge in [-0.25, -0.2) is 0 Å². The van der Waals surface area contributed by atoms with Gasteiger partial charge < -0.3 is 5.11 Å². The number of carboxylic acids is 1. The van der Waals surface area contributed by atoms with E-state index in [9.17, 15) is 4.79 Å². The van der Waals surface area contributed by atoms with Gasteiger partial charge in [-0.2, -0.15) is 0 Å². The van der Waals surface area contributed by atoms with E-state index in [1.54, 1.807) is 0 Å². The second kappa shape index (κ2) is 6.92. The van der Waals surface area contributed by atoms with Crippen molar-refractivity contribution in [3.8, 4) is 0 Å². The Kier molecular flexibility index (Phi) is 6.05. The minimum atomic E-state index is -0.784. The van der Waals surface area contributed by atoms with Gasteiger partial charge in [0, 0.05) is 27.6 Å². The van der Waals surface area contributed by atoms with E-state index in [4.69, 9.17) is 16.7 Å². The van der Waals surface area contributed by atoms with Gasteiger partial charge in [-0.15, -0.1) is 0 Å². The summed E-state index contributed by atoms with van der Waals surface area (Å²) in [6, 6.07) is 5.85. The Labute approximate surface area is 134 Å². The molecule has 0 amide bonds. The van der Waals surface area contributed by atoms with Gasteiger partial charge in [-0.3, -0.25) is 9.69 Å². The van der Waals surface area contributed by atoms with Crippen LogP contribution in [-0.4, -0.2) is 28.1 Å². The summed E-state index contributed by atoms with van der Waals surface area (Å²) < 4.78 is 0.936. The number of halogens is 2. The van der Waals surface area contributed by atoms with Gasteiger partial charge >= 0.3 is 5.97 Å². The van der Waals surface area contributed by atoms with E-state index in [0.29, 0.717) is 11.6 Å². The minimum absolute atomic E-state index is 0.0509. The molecule has 0 bridgehead atoms. The van der Waals surface area contributed by atoms with Crippen molar-refractivity contribution in [1.29, 1.82) is 0 Å². The van der Waals surface area contributed by atoms with Gasteiger partial charge in [-0.05, 0) is 45.4 Å². The third-order valence-electron chi connectivity index (χ3n) is 3.31. The molecule has 1 N–H and O–H groups in total. The fraction of sp³-hybridized carbons (Fsp3) is 0.533. The van der Waals surface area contributed by atoms with Gasteiger partial charge in [0.25, 0.3) is 0 Å². The second-order valence-corrected chi connectivity index (χ2v) is 7.17. The van der Waals surface area contributed by atoms with E-state index in [0.717, 1.165) is 10.0 Å². The van der Waals surface area contributed by atoms with E-state index in [2.05, 4.69) is 48.5 Å². The van der Waals surface area contributed by atoms with Crippen LogP contribution in [-0.2, 0) is 4.79 Å². The summed E-state index contributed by atoms with van der Waals surface area (Å²) in [6.45, 7) is 8.79. The predicted molar refractivity (Wildman–Crippen MR) is 86.3 cm³/mol. The largest absolute Gasteiger partial charge is 0.481 e. The molecule has 0 heterocycles. The third kappa shape index (κ3) is 4.76. The predicted octanol–water partition coefficient (Wildman–Crippen LogP) is 4.74. The molecule has 112 valence electrons. The first-order valence-electron chi connectivity index (χ1n) is 6.56. The zero-order valence-corrected chi connectivity index (χ0v) is 14.6. The average Bonchev–Trinajstić information content (AvgIpc) is 2.26. The Morgan fingerprint density at radius 3 is 2.50 bits per heavy atom. The molecule has 1 rings (SSSR count). The van der Waals surface area contributed by atoms with Crippen LogP contribution in [0.2, 0.25) is 5.02 Å². The van der Waals surface area contributed by atoms with Crippen LogP contribution in [0.1, 0.15) is 45.7 Å². The molecular weight excluding hydrogens is 342 g/mol. The van der Waals surface area contributed by atoms with Crippen LogP contribution in [0, 0.1) is 0 Å². The molecule has 0 saturated carbocycles. The Bertz CT molecular complexity index is 485. The lowest BCUT2D eigenvalue weighted by atomic mass is 9.98. The van der Waals surface area contributed by atoms with E-state index >= 15 is 0 Å². The van der Waals surface area contributed by atoms with Crippen LogP contribution < -0.4 is 0 Å². The number of aliphatic carboxylic acids is 1. The van der Waals surface area contributed by atoms with Gasteiger partial charge in [-0.1, -0.05) is 33.6 Å². The summed E-state index contributed by atoms with van der Waals surface area (Å²) in [5, 5.41) is 9.60. The summed E-state index contributed by atoms with van der Waals surface area (Å²) in [5.74, 6) is -0.784. The summed E-state index contributed by atoms with van der Waals surface area (Å²) in [7, 11) is 0. The number of rotatable bonds is 5. The lowest BCUT2D eigenvalue weighted by Gasteiger charge is -2.40. The maximum atomic E-state index is 10.8. The molecule has 1 atom stereocenters. The molecule has 0 saturated heterocycles. The highest BCUT2D eigenvalue weighted by atomic mass is 79.9. The zero-order chi connectivity index (χ0) is 15.5. The van der Waals surface area contributed by atoms with Crippen LogP contribution in [0.5, 0.6) is 0 Å². The zero-order valence-electron chi connectivity index (χ0n) is 12.3. The summed E-state index contributed by atoms with van der Waals surface area (Å²) in [4.78, 5) is 13.0. The second-order valence-electron chi connectivity index (χ2n) is 5.85. The molecule has 20 heavy (non-hydrogen) atoms. The Morgan fingerprint density at radius 1 is 1.45 bits per heavy atom. The molecule has 0 fully saturated rings. The Balaban J connectivity index is 3.03. The molecular formula is C15H21BrClNO2. The molecule has 0 aliphatic heterocycles. The van der Waals surface area contributed by atoms with Gasteiger partial charge in [0.1, 0.15) is 0 Å². The molecule has 3 nitrogen and oxygen atoms in total. The molecule has 0 spiro atoms. The third-order valence-corrected chi connectivity index (χ3v) is 4.13. The van der Waals surface area contributed by atoms with Crippen molar-refractivity contribution in [1.82, 2.24) is 4.90 Å². The highest BCUT2D eigenvalue weighted by Gasteiger charge is 2.28. The highest BCUT2D eigenvalue weighted by Crippen LogP contribution is 2.33. The standard InChI is InChI=1S/C15H21BrClNO2/c1-10(12-6-5-11(16)9-13(12)17)18(15(2,3)4)8-7-14(19)20/h5-6,9-10H,7-8H2,1-4H3,(H,19,20). The highest BCUT2D eigenvalue weighted by molar-refractivity contribution is 9.10. The molecule has 0 aromatic heterocycles. The van der Waals surface area contributed by atoms with Crippen LogP contribution in [0.3, 0.4) is 0 Å². The molecule has 1 aromatic carbocycles. The van der Waals surface area contributed by atoms with Gasteiger partial charge in [0.2, 0.25) is 0 Å². The van der Waals surface area contributed by atoms with E-state index in [-0.39, 0.29) is 18.0 Å². The van der Waals surface area contributed by atoms with Crippen LogP contribution in [0.4, 0.5) is 0 Å². The first-order valence-corrected chi connectivity index (χ1v) is 7.73. The summed E-state index contributed by atoms with van der Waals surface area (Å²) in [5.41, 5.74) is 0.876. The lowest BCUT2D eigenvalue weighted by molar-refractivity contribution is -0.137. The number of benzene rings is 1. The Hall–Kier alpha value is -0.580. The average molecular weight is 363 g/mol. The van der Waals surface area contributed by atoms with Gasteiger partial charge in [0.15, 0.2) is 0 Å². The normalized spacial score (nSPS) is 13.6. The maximum Gasteiger partial charge on any atom is 0.304 e. The number of hydrogen-bond acceptors (Lipinski definition) is 2. The van der Waals surface area contributed by atoms with Crippen LogP contribution in [0.15, 0.2) is 22.7 Å². The van der Waals surface area contributed by atoms with E-state index in [1.165, 1.54) is 0 Å². The first-order chi connectivity index (χ1) is 9.12. The van der Waals surface area contributed by atoms with Crippen molar-refractivity contribution in [3.63, 3.8) is 0 Å². The monoisotopic (exact) mass is 361 g/mol. The SMILES string of the molecule is CC(c1ccc(Br)cc1Cl)N(CCC(=O)O)C(C)(C)C. The molecule has 1 unspecified atom stereocenters. The topological polar surface area (TPSA) is 40.5 Å². The van der Waals surface area contributed by atoms with Crippen molar-refractivity contribution in [2.75, 3.05) is 6.54 Å². The number of carbonyl (C=O) groups is 1. The fourth-order valence-electron chi connectivity index (χ4n) is 2.33. The smallest absolute Gasteiger partial charge is 0.304 e. The molecule has 0 aliphatic carbocycles. The quantitative estimate of drug-likeness (QED) is 0.822. The first kappa shape index (κ1) is 17.5. The summed E-state index contributed by atoms with van der Waals surface area (Å²) >= 11 is 9.70. The van der Waals surface area contributed by atoms with Gasteiger partial charge in [0.05, 0.1) is 6.42 Å². The number of nitrogens with zero attached hydrogens (tertiary/aromatic N) is 1. The van der Waals surface area contributed by atoms with Crippen molar-refractivity contribution in [2.45, 2.75) is 45.7 Å². The van der Waals surface area contributed by atoms with Crippen LogP contribution in [0.25, 0.3) is 0 Å². The van der Waals surface area contributed by atoms with Crippen molar-refractivity contribution >= 4 is 33.5 Å². The maximum absolute atomic E-state index is 10.8. The van der Waals surface area contributed by atoms with E-state index < -0.39 is 5.97 Å². The van der Waals surface area contributed by atoms with Crippen molar-refractivity contribution < 1.29 is 9.90 Å². The lowest BCUT2D eigenvalue weighted by Crippen LogP contribution is -2.44. The number of carboxylic acid groups (broad SMARTS) is 1. The van der Waals surface area contributed by atoms with Crippen molar-refractivity contribution in [2.24, 2.45) is 0 Å². The van der Waals surface area contributed by atoms with E-state index in [1.807, 2.05) is 18.2 Å². The molecule has 0 radical (unpaired) electrons. The number of hydrogen-bond donors (Lipinski definition) is 1. The summed E-state index contributed by atoms with van der Waals surface area (Å²) in [6.07, 6.45) is 0.121. The minimum Gasteiger partial charge on any atom is -0.481 e. The van der Waals surface area contributed by atoms with Crippen molar-refractivity contribution in [3.05, 3.63) is 33.3 Å². The van der Waals surface area contributed by atoms with Crippen LogP contribution >= 0.6 is 27.5 Å². The Morgan fingerprint density at radius 2 is 2.05 bits per heavy atom. The fourth-order valence-corrected chi connectivity index (χ4v) is 3.17. The molecule has 0 aliphatic rings.